The molecule has 0 saturated carbocycles. The minimum absolute atomic E-state index is 0.101. The van der Waals surface area contributed by atoms with Crippen molar-refractivity contribution in [1.29, 1.82) is 0 Å². The highest BCUT2D eigenvalue weighted by atomic mass is 16.5. The van der Waals surface area contributed by atoms with Gasteiger partial charge in [-0.25, -0.2) is 9.59 Å². The van der Waals surface area contributed by atoms with Crippen molar-refractivity contribution in [3.8, 4) is 0 Å². The van der Waals surface area contributed by atoms with Crippen molar-refractivity contribution in [3.63, 3.8) is 0 Å². The van der Waals surface area contributed by atoms with Crippen molar-refractivity contribution in [2.45, 2.75) is 38.3 Å². The van der Waals surface area contributed by atoms with Crippen LogP contribution in [0.3, 0.4) is 0 Å². The third kappa shape index (κ3) is 5.04. The smallest absolute Gasteiger partial charge is 0.326 e. The predicted molar refractivity (Wildman–Crippen MR) is 68.3 cm³/mol. The number of aliphatic carboxylic acids is 2. The van der Waals surface area contributed by atoms with E-state index in [1.165, 1.54) is 0 Å². The molecule has 0 aromatic heterocycles. The van der Waals surface area contributed by atoms with Crippen molar-refractivity contribution in [2.75, 3.05) is 13.2 Å². The number of rotatable bonds is 7. The van der Waals surface area contributed by atoms with Crippen molar-refractivity contribution in [1.82, 2.24) is 10.6 Å². The predicted octanol–water partition coefficient (Wildman–Crippen LogP) is 0.0286. The Morgan fingerprint density at radius 2 is 2.05 bits per heavy atom. The van der Waals surface area contributed by atoms with E-state index in [9.17, 15) is 14.4 Å². The Labute approximate surface area is 116 Å². The molecule has 0 bridgehead atoms. The first kappa shape index (κ1) is 16.2. The van der Waals surface area contributed by atoms with Gasteiger partial charge in [0.2, 0.25) is 0 Å². The van der Waals surface area contributed by atoms with Gasteiger partial charge in [0, 0.05) is 19.1 Å². The summed E-state index contributed by atoms with van der Waals surface area (Å²) in [6.45, 7) is 3.03. The molecule has 1 rings (SSSR count). The highest BCUT2D eigenvalue weighted by molar-refractivity contribution is 5.86. The summed E-state index contributed by atoms with van der Waals surface area (Å²) in [6.07, 6.45) is 1.14. The Morgan fingerprint density at radius 1 is 1.35 bits per heavy atom. The molecule has 4 N–H and O–H groups in total. The molecule has 3 atom stereocenters. The fourth-order valence-electron chi connectivity index (χ4n) is 2.19. The van der Waals surface area contributed by atoms with Crippen molar-refractivity contribution in [2.24, 2.45) is 5.92 Å². The maximum atomic E-state index is 11.6. The van der Waals surface area contributed by atoms with Gasteiger partial charge < -0.3 is 25.6 Å². The second-order valence-electron chi connectivity index (χ2n) is 4.71. The lowest BCUT2D eigenvalue weighted by molar-refractivity contribution is -0.145. The second-order valence-corrected chi connectivity index (χ2v) is 4.71. The topological polar surface area (TPSA) is 125 Å². The first-order valence-electron chi connectivity index (χ1n) is 6.54. The maximum Gasteiger partial charge on any atom is 0.326 e. The Morgan fingerprint density at radius 3 is 2.60 bits per heavy atom. The summed E-state index contributed by atoms with van der Waals surface area (Å²) in [6, 6.07) is -2.12. The number of carboxylic acid groups (broad SMARTS) is 2. The monoisotopic (exact) mass is 288 g/mol. The Hall–Kier alpha value is -1.83. The number of ether oxygens (including phenoxy) is 1. The minimum Gasteiger partial charge on any atom is -0.481 e. The largest absolute Gasteiger partial charge is 0.481 e. The highest BCUT2D eigenvalue weighted by Crippen LogP contribution is 2.22. The van der Waals surface area contributed by atoms with Crippen LogP contribution in [0.1, 0.15) is 26.2 Å². The summed E-state index contributed by atoms with van der Waals surface area (Å²) in [5.41, 5.74) is 0. The van der Waals surface area contributed by atoms with Gasteiger partial charge in [0.25, 0.3) is 0 Å². The number of hydrogen-bond acceptors (Lipinski definition) is 4. The van der Waals surface area contributed by atoms with Crippen LogP contribution in [-0.4, -0.2) is 53.5 Å². The number of urea groups is 1. The summed E-state index contributed by atoms with van der Waals surface area (Å²) < 4.78 is 5.48. The van der Waals surface area contributed by atoms with Crippen LogP contribution in [0.2, 0.25) is 0 Å². The molecule has 20 heavy (non-hydrogen) atoms. The molecule has 1 heterocycles. The van der Waals surface area contributed by atoms with Gasteiger partial charge in [0.05, 0.1) is 12.5 Å². The number of amides is 2. The summed E-state index contributed by atoms with van der Waals surface area (Å²) in [5.74, 6) is -2.46. The quantitative estimate of drug-likeness (QED) is 0.523. The molecule has 0 aromatic carbocycles. The molecule has 1 fully saturated rings. The molecule has 1 aliphatic rings. The van der Waals surface area contributed by atoms with Gasteiger partial charge in [-0.1, -0.05) is 6.92 Å². The minimum atomic E-state index is -1.44. The summed E-state index contributed by atoms with van der Waals surface area (Å²) in [7, 11) is 0. The Kier molecular flexibility index (Phi) is 6.23. The molecule has 0 spiro atoms. The van der Waals surface area contributed by atoms with Crippen LogP contribution in [0.15, 0.2) is 0 Å². The van der Waals surface area contributed by atoms with E-state index in [4.69, 9.17) is 14.9 Å². The molecule has 8 heteroatoms. The van der Waals surface area contributed by atoms with Crippen LogP contribution >= 0.6 is 0 Å². The number of hydrogen-bond donors (Lipinski definition) is 4. The molecule has 0 radical (unpaired) electrons. The van der Waals surface area contributed by atoms with E-state index in [-0.39, 0.29) is 12.0 Å². The molecular formula is C12H20N2O6. The molecule has 1 saturated heterocycles. The molecular weight excluding hydrogens is 268 g/mol. The molecule has 8 nitrogen and oxygen atoms in total. The lowest BCUT2D eigenvalue weighted by Gasteiger charge is -2.18. The van der Waals surface area contributed by atoms with Gasteiger partial charge in [-0.3, -0.25) is 4.79 Å². The van der Waals surface area contributed by atoms with E-state index in [1.807, 2.05) is 6.92 Å². The zero-order valence-electron chi connectivity index (χ0n) is 11.3. The number of carboxylic acids is 2. The number of carbonyl (C=O) groups excluding carboxylic acids is 1. The zero-order chi connectivity index (χ0) is 15.1. The first-order chi connectivity index (χ1) is 9.43. The molecule has 3 unspecified atom stereocenters. The van der Waals surface area contributed by atoms with Crippen LogP contribution in [0.5, 0.6) is 0 Å². The van der Waals surface area contributed by atoms with E-state index in [0.29, 0.717) is 13.2 Å². The zero-order valence-corrected chi connectivity index (χ0v) is 11.3. The van der Waals surface area contributed by atoms with Gasteiger partial charge >= 0.3 is 18.0 Å². The first-order valence-corrected chi connectivity index (χ1v) is 6.54. The third-order valence-electron chi connectivity index (χ3n) is 3.26. The number of nitrogens with one attached hydrogen (secondary N) is 2. The summed E-state index contributed by atoms with van der Waals surface area (Å²) in [4.78, 5) is 32.9. The highest BCUT2D eigenvalue weighted by Gasteiger charge is 2.28. The van der Waals surface area contributed by atoms with E-state index >= 15 is 0 Å². The summed E-state index contributed by atoms with van der Waals surface area (Å²) in [5, 5.41) is 22.1. The fraction of sp³-hybridized carbons (Fsp3) is 0.750. The van der Waals surface area contributed by atoms with E-state index in [0.717, 1.165) is 12.8 Å². The average Bonchev–Trinajstić information content (AvgIpc) is 2.82. The Bertz CT molecular complexity index is 373. The van der Waals surface area contributed by atoms with Gasteiger partial charge in [0.15, 0.2) is 0 Å². The Balaban J connectivity index is 2.38. The van der Waals surface area contributed by atoms with E-state index < -0.39 is 30.4 Å². The van der Waals surface area contributed by atoms with Gasteiger partial charge in [-0.2, -0.15) is 0 Å². The van der Waals surface area contributed by atoms with Crippen molar-refractivity contribution in [3.05, 3.63) is 0 Å². The normalized spacial score (nSPS) is 23.1. The van der Waals surface area contributed by atoms with Crippen LogP contribution in [0, 0.1) is 5.92 Å². The van der Waals surface area contributed by atoms with Gasteiger partial charge in [-0.15, -0.1) is 0 Å². The SMILES string of the molecule is CCC1OCCC1CNC(=O)NC(CC(=O)O)C(=O)O. The van der Waals surface area contributed by atoms with Crippen LogP contribution in [0.4, 0.5) is 4.79 Å². The van der Waals surface area contributed by atoms with Crippen molar-refractivity contribution >= 4 is 18.0 Å². The van der Waals surface area contributed by atoms with Crippen LogP contribution in [-0.2, 0) is 14.3 Å². The van der Waals surface area contributed by atoms with Crippen LogP contribution in [0.25, 0.3) is 0 Å². The standard InChI is InChI=1S/C12H20N2O6/c1-2-9-7(3-4-20-9)6-13-12(19)14-8(11(17)18)5-10(15)16/h7-9H,2-6H2,1H3,(H,15,16)(H,17,18)(H2,13,14,19). The van der Waals surface area contributed by atoms with Crippen LogP contribution < -0.4 is 10.6 Å². The van der Waals surface area contributed by atoms with E-state index in [1.54, 1.807) is 0 Å². The maximum absolute atomic E-state index is 11.6. The summed E-state index contributed by atoms with van der Waals surface area (Å²) >= 11 is 0. The molecule has 114 valence electrons. The van der Waals surface area contributed by atoms with Crippen molar-refractivity contribution < 1.29 is 29.3 Å². The van der Waals surface area contributed by atoms with E-state index in [2.05, 4.69) is 10.6 Å². The van der Waals surface area contributed by atoms with Gasteiger partial charge in [-0.05, 0) is 12.8 Å². The molecule has 0 aromatic rings. The number of carbonyl (C=O) groups is 3. The van der Waals surface area contributed by atoms with Gasteiger partial charge in [0.1, 0.15) is 6.04 Å². The molecule has 1 aliphatic heterocycles. The average molecular weight is 288 g/mol. The fourth-order valence-corrected chi connectivity index (χ4v) is 2.19. The lowest BCUT2D eigenvalue weighted by Crippen LogP contribution is -2.48. The lowest BCUT2D eigenvalue weighted by atomic mass is 10.00. The molecule has 2 amide bonds. The third-order valence-corrected chi connectivity index (χ3v) is 3.26. The second kappa shape index (κ2) is 7.68. The molecule has 0 aliphatic carbocycles.